The van der Waals surface area contributed by atoms with E-state index in [1.54, 1.807) is 0 Å². The fourth-order valence-corrected chi connectivity index (χ4v) is 2.77. The highest BCUT2D eigenvalue weighted by atomic mass is 16.3. The summed E-state index contributed by atoms with van der Waals surface area (Å²) in [6.07, 6.45) is 5.04. The van der Waals surface area contributed by atoms with E-state index in [-0.39, 0.29) is 6.04 Å². The standard InChI is InChI=1S/C14H21NO/c1-3-5-10-8-9(4-2)11-6-7-12(15)13(11)14(10)16/h8,12,16H,3-7,15H2,1-2H3/t12-/m1/s1. The molecule has 0 aromatic heterocycles. The number of aromatic hydroxyl groups is 1. The van der Waals surface area contributed by atoms with Crippen molar-refractivity contribution < 1.29 is 5.11 Å². The van der Waals surface area contributed by atoms with Crippen LogP contribution in [0.1, 0.15) is 55.0 Å². The molecule has 0 spiro atoms. The van der Waals surface area contributed by atoms with Gasteiger partial charge in [-0.25, -0.2) is 0 Å². The zero-order valence-electron chi connectivity index (χ0n) is 10.2. The molecule has 0 saturated carbocycles. The van der Waals surface area contributed by atoms with Crippen LogP contribution < -0.4 is 5.73 Å². The van der Waals surface area contributed by atoms with Crippen molar-refractivity contribution >= 4 is 0 Å². The van der Waals surface area contributed by atoms with Crippen molar-refractivity contribution in [1.29, 1.82) is 0 Å². The van der Waals surface area contributed by atoms with Crippen LogP contribution in [0.2, 0.25) is 0 Å². The second-order valence-electron chi connectivity index (χ2n) is 4.68. The van der Waals surface area contributed by atoms with E-state index in [1.807, 2.05) is 0 Å². The molecule has 0 radical (unpaired) electrons. The molecule has 0 bridgehead atoms. The van der Waals surface area contributed by atoms with Gasteiger partial charge in [0, 0.05) is 11.6 Å². The summed E-state index contributed by atoms with van der Waals surface area (Å²) in [5, 5.41) is 10.3. The van der Waals surface area contributed by atoms with Gasteiger partial charge < -0.3 is 10.8 Å². The molecule has 0 saturated heterocycles. The van der Waals surface area contributed by atoms with Gasteiger partial charge in [0.25, 0.3) is 0 Å². The zero-order chi connectivity index (χ0) is 11.7. The lowest BCUT2D eigenvalue weighted by atomic mass is 9.94. The number of hydrogen-bond acceptors (Lipinski definition) is 2. The van der Waals surface area contributed by atoms with Gasteiger partial charge in [-0.15, -0.1) is 0 Å². The maximum absolute atomic E-state index is 10.3. The number of rotatable bonds is 3. The summed E-state index contributed by atoms with van der Waals surface area (Å²) < 4.78 is 0. The number of aryl methyl sites for hydroxylation is 2. The summed E-state index contributed by atoms with van der Waals surface area (Å²) in [7, 11) is 0. The molecule has 1 atom stereocenters. The first-order chi connectivity index (χ1) is 7.69. The van der Waals surface area contributed by atoms with Crippen LogP contribution in [0, 0.1) is 0 Å². The quantitative estimate of drug-likeness (QED) is 0.821. The van der Waals surface area contributed by atoms with E-state index in [2.05, 4.69) is 19.9 Å². The Balaban J connectivity index is 2.56. The van der Waals surface area contributed by atoms with Gasteiger partial charge >= 0.3 is 0 Å². The van der Waals surface area contributed by atoms with E-state index in [0.29, 0.717) is 5.75 Å². The molecule has 0 heterocycles. The Bertz CT molecular complexity index is 398. The molecule has 0 aliphatic heterocycles. The Kier molecular flexibility index (Phi) is 3.20. The normalized spacial score (nSPS) is 18.8. The Morgan fingerprint density at radius 3 is 2.75 bits per heavy atom. The van der Waals surface area contributed by atoms with Crippen molar-refractivity contribution in [2.75, 3.05) is 0 Å². The predicted octanol–water partition coefficient (Wildman–Crippen LogP) is 2.85. The number of hydrogen-bond donors (Lipinski definition) is 2. The van der Waals surface area contributed by atoms with Gasteiger partial charge in [0.05, 0.1) is 0 Å². The minimum atomic E-state index is 0.0390. The maximum Gasteiger partial charge on any atom is 0.123 e. The third-order valence-corrected chi connectivity index (χ3v) is 3.60. The minimum Gasteiger partial charge on any atom is -0.507 e. The Labute approximate surface area is 97.5 Å². The summed E-state index contributed by atoms with van der Waals surface area (Å²) >= 11 is 0. The smallest absolute Gasteiger partial charge is 0.123 e. The van der Waals surface area contributed by atoms with Crippen LogP contribution >= 0.6 is 0 Å². The lowest BCUT2D eigenvalue weighted by Gasteiger charge is -2.15. The molecule has 3 N–H and O–H groups in total. The summed E-state index contributed by atoms with van der Waals surface area (Å²) in [6, 6.07) is 2.22. The molecule has 0 fully saturated rings. The molecule has 1 aromatic carbocycles. The summed E-state index contributed by atoms with van der Waals surface area (Å²) in [5.74, 6) is 0.471. The van der Waals surface area contributed by atoms with Crippen LogP contribution in [0.3, 0.4) is 0 Å². The van der Waals surface area contributed by atoms with Gasteiger partial charge in [0.2, 0.25) is 0 Å². The van der Waals surface area contributed by atoms with Crippen LogP contribution in [-0.4, -0.2) is 5.11 Å². The van der Waals surface area contributed by atoms with Crippen LogP contribution in [0.5, 0.6) is 5.75 Å². The van der Waals surface area contributed by atoms with Crippen LogP contribution in [0.4, 0.5) is 0 Å². The second kappa shape index (κ2) is 4.46. The van der Waals surface area contributed by atoms with Crippen LogP contribution in [0.15, 0.2) is 6.07 Å². The molecule has 1 aliphatic carbocycles. The first-order valence-corrected chi connectivity index (χ1v) is 6.31. The number of phenols is 1. The topological polar surface area (TPSA) is 46.2 Å². The Hall–Kier alpha value is -1.02. The highest BCUT2D eigenvalue weighted by Gasteiger charge is 2.26. The lowest BCUT2D eigenvalue weighted by molar-refractivity contribution is 0.456. The molecule has 2 nitrogen and oxygen atoms in total. The summed E-state index contributed by atoms with van der Waals surface area (Å²) in [6.45, 7) is 4.31. The number of phenolic OH excluding ortho intramolecular Hbond substituents is 1. The van der Waals surface area contributed by atoms with E-state index < -0.39 is 0 Å². The van der Waals surface area contributed by atoms with Crippen molar-refractivity contribution in [1.82, 2.24) is 0 Å². The van der Waals surface area contributed by atoms with Crippen LogP contribution in [0.25, 0.3) is 0 Å². The SMILES string of the molecule is CCCc1cc(CC)c2c(c1O)[C@H](N)CC2. The van der Waals surface area contributed by atoms with Crippen molar-refractivity contribution in [2.24, 2.45) is 5.73 Å². The van der Waals surface area contributed by atoms with Gasteiger partial charge in [0.1, 0.15) is 5.75 Å². The molecule has 16 heavy (non-hydrogen) atoms. The van der Waals surface area contributed by atoms with Crippen molar-refractivity contribution in [3.8, 4) is 5.75 Å². The summed E-state index contributed by atoms with van der Waals surface area (Å²) in [4.78, 5) is 0. The fourth-order valence-electron chi connectivity index (χ4n) is 2.77. The van der Waals surface area contributed by atoms with Crippen LogP contribution in [-0.2, 0) is 19.3 Å². The van der Waals surface area contributed by atoms with E-state index in [1.165, 1.54) is 11.1 Å². The minimum absolute atomic E-state index is 0.0390. The van der Waals surface area contributed by atoms with Gasteiger partial charge in [-0.1, -0.05) is 26.3 Å². The Morgan fingerprint density at radius 2 is 2.12 bits per heavy atom. The first-order valence-electron chi connectivity index (χ1n) is 6.31. The van der Waals surface area contributed by atoms with Gasteiger partial charge in [-0.2, -0.15) is 0 Å². The molecule has 1 aliphatic rings. The average molecular weight is 219 g/mol. The molecule has 0 amide bonds. The lowest BCUT2D eigenvalue weighted by Crippen LogP contribution is -2.07. The fraction of sp³-hybridized carbons (Fsp3) is 0.571. The number of fused-ring (bicyclic) bond motifs is 1. The molecule has 1 aromatic rings. The molecular weight excluding hydrogens is 198 g/mol. The van der Waals surface area contributed by atoms with Gasteiger partial charge in [-0.05, 0) is 42.4 Å². The molecule has 2 rings (SSSR count). The molecular formula is C14H21NO. The zero-order valence-corrected chi connectivity index (χ0v) is 10.2. The van der Waals surface area contributed by atoms with Gasteiger partial charge in [0.15, 0.2) is 0 Å². The van der Waals surface area contributed by atoms with Crippen molar-refractivity contribution in [3.05, 3.63) is 28.3 Å². The highest BCUT2D eigenvalue weighted by Crippen LogP contribution is 2.40. The average Bonchev–Trinajstić information content (AvgIpc) is 2.65. The predicted molar refractivity (Wildman–Crippen MR) is 66.7 cm³/mol. The first kappa shape index (κ1) is 11.5. The third-order valence-electron chi connectivity index (χ3n) is 3.60. The second-order valence-corrected chi connectivity index (χ2v) is 4.68. The molecule has 2 heteroatoms. The number of benzene rings is 1. The monoisotopic (exact) mass is 219 g/mol. The van der Waals surface area contributed by atoms with Crippen molar-refractivity contribution in [2.45, 2.75) is 52.0 Å². The van der Waals surface area contributed by atoms with E-state index in [9.17, 15) is 5.11 Å². The summed E-state index contributed by atoms with van der Waals surface area (Å²) in [5.41, 5.74) is 10.9. The Morgan fingerprint density at radius 1 is 1.38 bits per heavy atom. The van der Waals surface area contributed by atoms with Gasteiger partial charge in [-0.3, -0.25) is 0 Å². The molecule has 0 unspecified atom stereocenters. The highest BCUT2D eigenvalue weighted by molar-refractivity contribution is 5.53. The van der Waals surface area contributed by atoms with Crippen molar-refractivity contribution in [3.63, 3.8) is 0 Å². The maximum atomic E-state index is 10.3. The largest absolute Gasteiger partial charge is 0.507 e. The third kappa shape index (κ3) is 1.71. The van der Waals surface area contributed by atoms with E-state index in [0.717, 1.165) is 43.2 Å². The van der Waals surface area contributed by atoms with E-state index in [4.69, 9.17) is 5.73 Å². The molecule has 88 valence electrons. The van der Waals surface area contributed by atoms with E-state index >= 15 is 0 Å². The number of nitrogens with two attached hydrogens (primary N) is 1.